The molecule has 0 heterocycles. The highest BCUT2D eigenvalue weighted by molar-refractivity contribution is 5.74. The van der Waals surface area contributed by atoms with Crippen LogP contribution in [0, 0.1) is 11.8 Å². The predicted octanol–water partition coefficient (Wildman–Crippen LogP) is 3.28. The molecule has 2 N–H and O–H groups in total. The van der Waals surface area contributed by atoms with Gasteiger partial charge in [0.25, 0.3) is 0 Å². The Balaban J connectivity index is 2.51. The van der Waals surface area contributed by atoms with Crippen molar-refractivity contribution in [2.75, 3.05) is 42.7 Å². The highest BCUT2D eigenvalue weighted by Gasteiger charge is 2.31. The minimum Gasteiger partial charge on any atom is -0.502 e. The van der Waals surface area contributed by atoms with Crippen molar-refractivity contribution in [3.63, 3.8) is 0 Å². The second-order valence-corrected chi connectivity index (χ2v) is 8.11. The van der Waals surface area contributed by atoms with Crippen LogP contribution in [-0.2, 0) is 31.9 Å². The van der Waals surface area contributed by atoms with Gasteiger partial charge < -0.3 is 38.6 Å². The van der Waals surface area contributed by atoms with E-state index in [0.717, 1.165) is 5.56 Å². The molecule has 0 aromatic heterocycles. The Morgan fingerprint density at radius 2 is 1.11 bits per heavy atom. The van der Waals surface area contributed by atoms with Gasteiger partial charge in [0.2, 0.25) is 11.5 Å². The van der Waals surface area contributed by atoms with Crippen molar-refractivity contribution in [2.45, 2.75) is 25.7 Å². The van der Waals surface area contributed by atoms with Crippen LogP contribution in [-0.4, -0.2) is 64.8 Å². The van der Waals surface area contributed by atoms with Crippen molar-refractivity contribution in [3.05, 3.63) is 35.4 Å². The molecule has 0 unspecified atom stereocenters. The molecule has 2 aromatic rings. The summed E-state index contributed by atoms with van der Waals surface area (Å²) in [4.78, 5) is 25.0. The summed E-state index contributed by atoms with van der Waals surface area (Å²) in [6, 6.07) is 6.56. The van der Waals surface area contributed by atoms with Gasteiger partial charge in [-0.25, -0.2) is 0 Å². The van der Waals surface area contributed by atoms with Crippen LogP contribution in [0.4, 0.5) is 0 Å². The molecule has 0 aliphatic carbocycles. The van der Waals surface area contributed by atoms with Crippen LogP contribution >= 0.6 is 0 Å². The van der Waals surface area contributed by atoms with E-state index in [0.29, 0.717) is 18.4 Å². The smallest absolute Gasteiger partial charge is 0.309 e. The summed E-state index contributed by atoms with van der Waals surface area (Å²) < 4.78 is 31.0. The number of esters is 2. The molecule has 10 nitrogen and oxygen atoms in total. The number of hydrogen-bond acceptors (Lipinski definition) is 10. The van der Waals surface area contributed by atoms with E-state index in [1.807, 2.05) is 0 Å². The number of carbonyl (C=O) groups is 2. The Morgan fingerprint density at radius 1 is 0.694 bits per heavy atom. The molecule has 10 heteroatoms. The molecule has 36 heavy (non-hydrogen) atoms. The Labute approximate surface area is 210 Å². The van der Waals surface area contributed by atoms with Gasteiger partial charge >= 0.3 is 11.9 Å². The van der Waals surface area contributed by atoms with Crippen LogP contribution < -0.4 is 18.9 Å². The minimum absolute atomic E-state index is 0.0865. The second kappa shape index (κ2) is 13.3. The maximum atomic E-state index is 13.0. The first-order valence-corrected chi connectivity index (χ1v) is 11.2. The molecule has 0 aliphatic heterocycles. The number of phenolic OH excluding ortho intramolecular Hbond substituents is 2. The maximum Gasteiger partial charge on any atom is 0.309 e. The zero-order valence-electron chi connectivity index (χ0n) is 21.5. The number of benzene rings is 2. The molecule has 198 valence electrons. The van der Waals surface area contributed by atoms with Crippen molar-refractivity contribution in [2.24, 2.45) is 11.8 Å². The number of methoxy groups -OCH3 is 6. The van der Waals surface area contributed by atoms with E-state index in [1.165, 1.54) is 42.7 Å². The lowest BCUT2D eigenvalue weighted by Gasteiger charge is -2.26. The topological polar surface area (TPSA) is 130 Å². The van der Waals surface area contributed by atoms with Crippen LogP contribution in [0.15, 0.2) is 24.3 Å². The summed E-state index contributed by atoms with van der Waals surface area (Å²) in [5.41, 5.74) is 1.40. The van der Waals surface area contributed by atoms with Gasteiger partial charge in [0.15, 0.2) is 23.0 Å². The van der Waals surface area contributed by atoms with E-state index in [9.17, 15) is 19.8 Å². The average molecular weight is 507 g/mol. The SMILES string of the molecule is COC(=O)CC[C@H](Cc1cc(OC)c(O)c(OC)c1)[C@@H](Cc1cc(OC)c(O)c(OC)c1)C(=O)OC. The summed E-state index contributed by atoms with van der Waals surface area (Å²) >= 11 is 0. The van der Waals surface area contributed by atoms with E-state index in [4.69, 9.17) is 28.4 Å². The standard InChI is InChI=1S/C26H34O10/c1-31-19-11-15(12-20(32-2)24(19)28)9-17(7-8-23(27)35-5)18(26(30)36-6)10-16-13-21(33-3)25(29)22(14-16)34-4/h11-14,17-18,28-29H,7-10H2,1-6H3/t17-,18-/m1/s1. The van der Waals surface area contributed by atoms with Gasteiger partial charge in [-0.2, -0.15) is 0 Å². The van der Waals surface area contributed by atoms with Crippen molar-refractivity contribution in [1.29, 1.82) is 0 Å². The predicted molar refractivity (Wildman–Crippen MR) is 130 cm³/mol. The van der Waals surface area contributed by atoms with Gasteiger partial charge in [0.05, 0.1) is 48.6 Å². The Bertz CT molecular complexity index is 999. The number of phenols is 2. The van der Waals surface area contributed by atoms with Crippen molar-refractivity contribution in [1.82, 2.24) is 0 Å². The first-order valence-electron chi connectivity index (χ1n) is 11.2. The third kappa shape index (κ3) is 6.87. The van der Waals surface area contributed by atoms with Gasteiger partial charge in [0, 0.05) is 6.42 Å². The lowest BCUT2D eigenvalue weighted by molar-refractivity contribution is -0.148. The number of rotatable bonds is 13. The normalized spacial score (nSPS) is 12.3. The van der Waals surface area contributed by atoms with Crippen molar-refractivity contribution in [3.8, 4) is 34.5 Å². The third-order valence-electron chi connectivity index (χ3n) is 6.05. The number of carbonyl (C=O) groups excluding carboxylic acids is 2. The molecule has 0 fully saturated rings. The molecule has 2 atom stereocenters. The number of ether oxygens (including phenoxy) is 6. The van der Waals surface area contributed by atoms with Gasteiger partial charge in [-0.15, -0.1) is 0 Å². The zero-order valence-corrected chi connectivity index (χ0v) is 21.5. The van der Waals surface area contributed by atoms with Crippen LogP contribution in [0.5, 0.6) is 34.5 Å². The molecule has 0 spiro atoms. The maximum absolute atomic E-state index is 13.0. The van der Waals surface area contributed by atoms with Gasteiger partial charge in [-0.3, -0.25) is 9.59 Å². The van der Waals surface area contributed by atoms with Crippen LogP contribution in [0.1, 0.15) is 24.0 Å². The minimum atomic E-state index is -0.676. The summed E-state index contributed by atoms with van der Waals surface area (Å²) in [5, 5.41) is 20.5. The van der Waals surface area contributed by atoms with Gasteiger partial charge in [0.1, 0.15) is 0 Å². The van der Waals surface area contributed by atoms with E-state index >= 15 is 0 Å². The van der Waals surface area contributed by atoms with Gasteiger partial charge in [-0.05, 0) is 60.6 Å². The quantitative estimate of drug-likeness (QED) is 0.390. The molecule has 0 amide bonds. The second-order valence-electron chi connectivity index (χ2n) is 8.11. The van der Waals surface area contributed by atoms with E-state index in [2.05, 4.69) is 0 Å². The lowest BCUT2D eigenvalue weighted by Crippen LogP contribution is -2.29. The summed E-state index contributed by atoms with van der Waals surface area (Å²) in [6.45, 7) is 0. The molecule has 0 bridgehead atoms. The molecule has 0 radical (unpaired) electrons. The fraction of sp³-hybridized carbons (Fsp3) is 0.462. The van der Waals surface area contributed by atoms with Crippen LogP contribution in [0.3, 0.4) is 0 Å². The lowest BCUT2D eigenvalue weighted by atomic mass is 9.80. The zero-order chi connectivity index (χ0) is 26.8. The Morgan fingerprint density at radius 3 is 1.47 bits per heavy atom. The molecule has 2 rings (SSSR count). The molecule has 0 saturated carbocycles. The first-order chi connectivity index (χ1) is 17.2. The van der Waals surface area contributed by atoms with E-state index in [1.54, 1.807) is 24.3 Å². The molecular formula is C26H34O10. The highest BCUT2D eigenvalue weighted by Crippen LogP contribution is 2.40. The van der Waals surface area contributed by atoms with Gasteiger partial charge in [-0.1, -0.05) is 0 Å². The summed E-state index contributed by atoms with van der Waals surface area (Å²) in [7, 11) is 8.30. The number of aromatic hydroxyl groups is 2. The third-order valence-corrected chi connectivity index (χ3v) is 6.05. The fourth-order valence-electron chi connectivity index (χ4n) is 4.13. The monoisotopic (exact) mass is 506 g/mol. The fourth-order valence-corrected chi connectivity index (χ4v) is 4.13. The van der Waals surface area contributed by atoms with Crippen LogP contribution in [0.25, 0.3) is 0 Å². The summed E-state index contributed by atoms with van der Waals surface area (Å²) in [6.07, 6.45) is 0.974. The van der Waals surface area contributed by atoms with E-state index in [-0.39, 0.29) is 53.3 Å². The number of hydrogen-bond donors (Lipinski definition) is 2. The molecule has 0 saturated heterocycles. The Hall–Kier alpha value is -3.82. The summed E-state index contributed by atoms with van der Waals surface area (Å²) in [5.74, 6) is -1.36. The Kier molecular flexibility index (Phi) is 10.5. The first kappa shape index (κ1) is 28.4. The average Bonchev–Trinajstić information content (AvgIpc) is 2.90. The van der Waals surface area contributed by atoms with E-state index < -0.39 is 17.9 Å². The molecule has 0 aliphatic rings. The largest absolute Gasteiger partial charge is 0.502 e. The van der Waals surface area contributed by atoms with Crippen LogP contribution in [0.2, 0.25) is 0 Å². The van der Waals surface area contributed by atoms with Crippen molar-refractivity contribution >= 4 is 11.9 Å². The molecular weight excluding hydrogens is 472 g/mol. The highest BCUT2D eigenvalue weighted by atomic mass is 16.5. The molecule has 2 aromatic carbocycles. The van der Waals surface area contributed by atoms with Crippen molar-refractivity contribution < 1.29 is 48.2 Å².